The molecule has 147 valence electrons. The van der Waals surface area contributed by atoms with E-state index in [1.165, 1.54) is 0 Å². The summed E-state index contributed by atoms with van der Waals surface area (Å²) in [4.78, 5) is 16.0. The first kappa shape index (κ1) is 20.9. The quantitative estimate of drug-likeness (QED) is 0.283. The van der Waals surface area contributed by atoms with Crippen LogP contribution in [0, 0.1) is 6.07 Å². The van der Waals surface area contributed by atoms with Crippen molar-refractivity contribution in [2.75, 3.05) is 0 Å². The second-order valence-electron chi connectivity index (χ2n) is 6.98. The van der Waals surface area contributed by atoms with Crippen LogP contribution >= 0.6 is 0 Å². The summed E-state index contributed by atoms with van der Waals surface area (Å²) in [5.74, 6) is 0. The van der Waals surface area contributed by atoms with Crippen molar-refractivity contribution in [1.29, 1.82) is 0 Å². The van der Waals surface area contributed by atoms with Crippen molar-refractivity contribution in [1.82, 2.24) is 19.9 Å². The van der Waals surface area contributed by atoms with Gasteiger partial charge in [-0.05, 0) is 72.8 Å². The van der Waals surface area contributed by atoms with Gasteiger partial charge in [0.15, 0.2) is 0 Å². The summed E-state index contributed by atoms with van der Waals surface area (Å²) in [5, 5.41) is 0. The maximum atomic E-state index is 4.62. The van der Waals surface area contributed by atoms with E-state index in [4.69, 9.17) is 0 Å². The van der Waals surface area contributed by atoms with Crippen molar-refractivity contribution in [2.24, 2.45) is 0 Å². The van der Waals surface area contributed by atoms with Gasteiger partial charge in [0, 0.05) is 47.9 Å². The van der Waals surface area contributed by atoms with Crippen LogP contribution in [0.5, 0.6) is 0 Å². The standard InChI is InChI=1S/C20H14N4.C6H5.Sc/c1-2-14-10-16-5-6-18(23-16)12-20-8-7-19(24-20)11-17-4-3-15(22-17)9-13(1)21-14;1-2-4-6-5-3-1;/h1-12,21-22H;1-5H;/q;-1;. The Bertz CT molecular complexity index is 1280. The van der Waals surface area contributed by atoms with Gasteiger partial charge < -0.3 is 9.97 Å². The van der Waals surface area contributed by atoms with E-state index in [-0.39, 0.29) is 25.8 Å². The second-order valence-corrected chi connectivity index (χ2v) is 6.98. The third kappa shape index (κ3) is 5.44. The van der Waals surface area contributed by atoms with Crippen molar-refractivity contribution in [3.63, 3.8) is 0 Å². The molecule has 2 aliphatic heterocycles. The topological polar surface area (TPSA) is 57.4 Å². The molecule has 1 radical (unpaired) electrons. The molecule has 0 saturated carbocycles. The normalized spacial score (nSPS) is 11.4. The molecule has 6 rings (SSSR count). The number of fused-ring (bicyclic) bond motifs is 8. The fourth-order valence-corrected chi connectivity index (χ4v) is 3.29. The molecule has 0 unspecified atom stereocenters. The molecule has 2 aliphatic rings. The van der Waals surface area contributed by atoms with E-state index in [9.17, 15) is 0 Å². The number of nitrogens with zero attached hydrogens (tertiary/aromatic N) is 2. The molecule has 0 spiro atoms. The van der Waals surface area contributed by atoms with Crippen LogP contribution in [-0.2, 0) is 25.8 Å². The Morgan fingerprint density at radius 1 is 0.516 bits per heavy atom. The first-order chi connectivity index (χ1) is 14.8. The molecule has 4 nitrogen and oxygen atoms in total. The predicted octanol–water partition coefficient (Wildman–Crippen LogP) is 6.14. The molecule has 3 aromatic heterocycles. The molecule has 5 heterocycles. The van der Waals surface area contributed by atoms with Gasteiger partial charge in [-0.15, -0.1) is 0 Å². The van der Waals surface area contributed by atoms with Crippen LogP contribution in [0.3, 0.4) is 0 Å². The van der Waals surface area contributed by atoms with Gasteiger partial charge >= 0.3 is 0 Å². The average Bonchev–Trinajstić information content (AvgIpc) is 3.56. The molecule has 8 bridgehead atoms. The number of hydrogen-bond acceptors (Lipinski definition) is 2. The van der Waals surface area contributed by atoms with E-state index in [0.29, 0.717) is 0 Å². The fourth-order valence-electron chi connectivity index (χ4n) is 3.29. The molecule has 1 aromatic carbocycles. The van der Waals surface area contributed by atoms with E-state index in [1.54, 1.807) is 0 Å². The molecule has 0 fully saturated rings. The number of aromatic nitrogens is 4. The molecule has 0 saturated heterocycles. The Balaban J connectivity index is 0.000000288. The minimum atomic E-state index is 0. The van der Waals surface area contributed by atoms with E-state index in [2.05, 4.69) is 56.3 Å². The zero-order valence-electron chi connectivity index (χ0n) is 16.8. The van der Waals surface area contributed by atoms with Crippen LogP contribution in [-0.4, -0.2) is 19.9 Å². The van der Waals surface area contributed by atoms with Crippen molar-refractivity contribution >= 4 is 46.4 Å². The third-order valence-corrected chi connectivity index (χ3v) is 4.65. The summed E-state index contributed by atoms with van der Waals surface area (Å²) in [6.07, 6.45) is 8.05. The molecule has 2 N–H and O–H groups in total. The minimum Gasteiger partial charge on any atom is -0.355 e. The van der Waals surface area contributed by atoms with Crippen molar-refractivity contribution < 1.29 is 25.8 Å². The number of aromatic amines is 2. The zero-order chi connectivity index (χ0) is 20.2. The fraction of sp³-hybridized carbons (Fsp3) is 0. The Morgan fingerprint density at radius 2 is 0.935 bits per heavy atom. The Kier molecular flexibility index (Phi) is 6.53. The number of benzene rings is 1. The van der Waals surface area contributed by atoms with E-state index < -0.39 is 0 Å². The molecule has 0 amide bonds. The van der Waals surface area contributed by atoms with E-state index >= 15 is 0 Å². The molecule has 5 heteroatoms. The number of H-pyrrole nitrogens is 2. The molecule has 0 atom stereocenters. The van der Waals surface area contributed by atoms with Crippen LogP contribution < -0.4 is 0 Å². The Morgan fingerprint density at radius 3 is 1.32 bits per heavy atom. The molecule has 4 aromatic rings. The first-order valence-electron chi connectivity index (χ1n) is 9.76. The average molecular weight is 432 g/mol. The van der Waals surface area contributed by atoms with Gasteiger partial charge in [-0.3, -0.25) is 0 Å². The van der Waals surface area contributed by atoms with Gasteiger partial charge in [0.2, 0.25) is 0 Å². The first-order valence-corrected chi connectivity index (χ1v) is 9.76. The van der Waals surface area contributed by atoms with Gasteiger partial charge in [-0.25, -0.2) is 9.97 Å². The smallest absolute Gasteiger partial charge is 0.0659 e. The van der Waals surface area contributed by atoms with E-state index in [0.717, 1.165) is 44.8 Å². The summed E-state index contributed by atoms with van der Waals surface area (Å²) in [6.45, 7) is 0. The summed E-state index contributed by atoms with van der Waals surface area (Å²) in [5.41, 5.74) is 7.86. The van der Waals surface area contributed by atoms with Crippen molar-refractivity contribution in [2.45, 2.75) is 0 Å². The SMILES string of the molecule is C1=Cc2cc3ccc(cc4ccc(cc5nc(cc1n2)C=C5)[nH]4)[nH]3.[Sc].[c-]1ccccc1. The zero-order valence-corrected chi connectivity index (χ0v) is 18.6. The van der Waals surface area contributed by atoms with E-state index in [1.807, 2.05) is 72.8 Å². The van der Waals surface area contributed by atoms with Gasteiger partial charge in [-0.1, -0.05) is 0 Å². The summed E-state index contributed by atoms with van der Waals surface area (Å²) in [7, 11) is 0. The van der Waals surface area contributed by atoms with Crippen molar-refractivity contribution in [3.8, 4) is 0 Å². The van der Waals surface area contributed by atoms with Crippen LogP contribution in [0.2, 0.25) is 0 Å². The summed E-state index contributed by atoms with van der Waals surface area (Å²) < 4.78 is 0. The van der Waals surface area contributed by atoms with Crippen LogP contribution in [0.1, 0.15) is 22.8 Å². The monoisotopic (exact) mass is 432 g/mol. The van der Waals surface area contributed by atoms with Gasteiger partial charge in [-0.2, -0.15) is 36.4 Å². The van der Waals surface area contributed by atoms with Gasteiger partial charge in [0.25, 0.3) is 0 Å². The second kappa shape index (κ2) is 9.67. The number of rotatable bonds is 0. The molecule has 31 heavy (non-hydrogen) atoms. The molecule has 0 aliphatic carbocycles. The largest absolute Gasteiger partial charge is 0.355 e. The maximum absolute atomic E-state index is 4.62. The number of hydrogen-bond donors (Lipinski definition) is 2. The Hall–Kier alpha value is -3.31. The summed E-state index contributed by atoms with van der Waals surface area (Å²) >= 11 is 0. The van der Waals surface area contributed by atoms with Crippen molar-refractivity contribution in [3.05, 3.63) is 108 Å². The molecular formula is C26H19N4Sc-. The number of nitrogens with one attached hydrogen (secondary N) is 2. The molecular weight excluding hydrogens is 413 g/mol. The minimum absolute atomic E-state index is 0. The van der Waals surface area contributed by atoms with Crippen LogP contribution in [0.15, 0.2) is 78.9 Å². The van der Waals surface area contributed by atoms with Crippen LogP contribution in [0.4, 0.5) is 0 Å². The Labute approximate surface area is 199 Å². The van der Waals surface area contributed by atoms with Gasteiger partial charge in [0.05, 0.1) is 22.8 Å². The van der Waals surface area contributed by atoms with Gasteiger partial charge in [0.1, 0.15) is 0 Å². The van der Waals surface area contributed by atoms with Crippen LogP contribution in [0.25, 0.3) is 46.4 Å². The predicted molar refractivity (Wildman–Crippen MR) is 124 cm³/mol. The third-order valence-electron chi connectivity index (χ3n) is 4.65. The summed E-state index contributed by atoms with van der Waals surface area (Å²) in [6, 6.07) is 28.9. The maximum Gasteiger partial charge on any atom is 0.0659 e.